The molecule has 0 aliphatic carbocycles. The van der Waals surface area contributed by atoms with Crippen molar-refractivity contribution in [1.82, 2.24) is 20.5 Å². The summed E-state index contributed by atoms with van der Waals surface area (Å²) in [6, 6.07) is -0.0626. The lowest BCUT2D eigenvalue weighted by atomic mass is 10.4. The highest BCUT2D eigenvalue weighted by Crippen LogP contribution is 2.20. The number of anilines is 2. The molecule has 2 rings (SSSR count). The highest BCUT2D eigenvalue weighted by molar-refractivity contribution is 5.60. The van der Waals surface area contributed by atoms with Crippen LogP contribution in [0, 0.1) is 0 Å². The quantitative estimate of drug-likeness (QED) is 0.570. The molecule has 0 aliphatic heterocycles. The number of nitrogens with two attached hydrogens (primary N) is 2. The van der Waals surface area contributed by atoms with Crippen LogP contribution in [0.25, 0.3) is 11.6 Å². The Labute approximate surface area is 65.5 Å². The maximum atomic E-state index is 5.35. The van der Waals surface area contributed by atoms with Crippen LogP contribution in [-0.4, -0.2) is 20.5 Å². The standard InChI is InChI=1S/C4H4N6O2/c5-2-1(9-12-10-2)3-7-8-4(6)11-3/h(H2,5,10)(H2,6,8). The predicted octanol–water partition coefficient (Wildman–Crippen LogP) is -0.716. The summed E-state index contributed by atoms with van der Waals surface area (Å²) in [6.07, 6.45) is 0. The maximum absolute atomic E-state index is 5.35. The summed E-state index contributed by atoms with van der Waals surface area (Å²) in [7, 11) is 0. The van der Waals surface area contributed by atoms with E-state index in [-0.39, 0.29) is 23.4 Å². The molecule has 0 saturated heterocycles. The van der Waals surface area contributed by atoms with Gasteiger partial charge in [-0.3, -0.25) is 0 Å². The molecule has 0 amide bonds. The fourth-order valence-corrected chi connectivity index (χ4v) is 0.674. The molecule has 2 aromatic rings. The Morgan fingerprint density at radius 2 is 1.92 bits per heavy atom. The van der Waals surface area contributed by atoms with E-state index in [1.54, 1.807) is 0 Å². The fraction of sp³-hybridized carbons (Fsp3) is 0. The van der Waals surface area contributed by atoms with Crippen molar-refractivity contribution in [3.05, 3.63) is 0 Å². The van der Waals surface area contributed by atoms with Gasteiger partial charge in [0.15, 0.2) is 0 Å². The van der Waals surface area contributed by atoms with Gasteiger partial charge in [0.1, 0.15) is 0 Å². The number of hydrogen-bond acceptors (Lipinski definition) is 8. The van der Waals surface area contributed by atoms with Crippen LogP contribution in [0.5, 0.6) is 0 Å². The Balaban J connectivity index is 2.50. The maximum Gasteiger partial charge on any atom is 0.313 e. The van der Waals surface area contributed by atoms with Gasteiger partial charge in [-0.2, -0.15) is 0 Å². The first-order valence-corrected chi connectivity index (χ1v) is 2.95. The first-order valence-electron chi connectivity index (χ1n) is 2.95. The average Bonchev–Trinajstić information content (AvgIpc) is 2.58. The Morgan fingerprint density at radius 3 is 2.42 bits per heavy atom. The van der Waals surface area contributed by atoms with Gasteiger partial charge < -0.3 is 15.9 Å². The zero-order chi connectivity index (χ0) is 8.55. The lowest BCUT2D eigenvalue weighted by Crippen LogP contribution is -1.88. The normalized spacial score (nSPS) is 10.3. The molecule has 0 saturated carbocycles. The molecule has 0 aliphatic rings. The lowest BCUT2D eigenvalue weighted by Gasteiger charge is -1.83. The Morgan fingerprint density at radius 1 is 1.08 bits per heavy atom. The van der Waals surface area contributed by atoms with Crippen LogP contribution in [0.2, 0.25) is 0 Å². The molecule has 0 bridgehead atoms. The van der Waals surface area contributed by atoms with Gasteiger partial charge in [0.25, 0.3) is 5.89 Å². The first-order chi connectivity index (χ1) is 5.77. The molecule has 0 unspecified atom stereocenters. The fourth-order valence-electron chi connectivity index (χ4n) is 0.674. The third-order valence-electron chi connectivity index (χ3n) is 1.16. The smallest absolute Gasteiger partial charge is 0.313 e. The molecule has 8 heteroatoms. The van der Waals surface area contributed by atoms with Crippen molar-refractivity contribution in [3.63, 3.8) is 0 Å². The van der Waals surface area contributed by atoms with Gasteiger partial charge in [0.2, 0.25) is 11.5 Å². The molecule has 0 atom stereocenters. The van der Waals surface area contributed by atoms with Gasteiger partial charge in [-0.25, -0.2) is 4.63 Å². The second-order valence-corrected chi connectivity index (χ2v) is 1.94. The molecule has 62 valence electrons. The van der Waals surface area contributed by atoms with Gasteiger partial charge in [0.05, 0.1) is 0 Å². The van der Waals surface area contributed by atoms with Crippen LogP contribution in [0.4, 0.5) is 11.8 Å². The summed E-state index contributed by atoms with van der Waals surface area (Å²) >= 11 is 0. The molecular formula is C4H4N6O2. The predicted molar refractivity (Wildman–Crippen MR) is 36.4 cm³/mol. The van der Waals surface area contributed by atoms with Crippen molar-refractivity contribution in [2.24, 2.45) is 0 Å². The van der Waals surface area contributed by atoms with Gasteiger partial charge in [-0.1, -0.05) is 5.10 Å². The van der Waals surface area contributed by atoms with Crippen molar-refractivity contribution in [2.45, 2.75) is 0 Å². The number of rotatable bonds is 1. The second kappa shape index (κ2) is 2.19. The molecule has 2 aromatic heterocycles. The minimum atomic E-state index is -0.0626. The summed E-state index contributed by atoms with van der Waals surface area (Å²) in [5, 5.41) is 13.7. The van der Waals surface area contributed by atoms with Crippen LogP contribution in [-0.2, 0) is 0 Å². The molecule has 0 fully saturated rings. The largest absolute Gasteiger partial charge is 0.402 e. The van der Waals surface area contributed by atoms with Crippen molar-refractivity contribution in [1.29, 1.82) is 0 Å². The molecule has 12 heavy (non-hydrogen) atoms. The Bertz CT molecular complexity index is 392. The van der Waals surface area contributed by atoms with Crippen LogP contribution >= 0.6 is 0 Å². The van der Waals surface area contributed by atoms with Crippen molar-refractivity contribution in [2.75, 3.05) is 11.5 Å². The summed E-state index contributed by atoms with van der Waals surface area (Å²) in [4.78, 5) is 0. The lowest BCUT2D eigenvalue weighted by molar-refractivity contribution is 0.309. The topological polar surface area (TPSA) is 130 Å². The van der Waals surface area contributed by atoms with E-state index in [2.05, 4.69) is 25.1 Å². The van der Waals surface area contributed by atoms with Crippen LogP contribution < -0.4 is 11.5 Å². The first kappa shape index (κ1) is 6.58. The van der Waals surface area contributed by atoms with Gasteiger partial charge in [-0.05, 0) is 10.3 Å². The van der Waals surface area contributed by atoms with E-state index in [1.807, 2.05) is 0 Å². The number of aromatic nitrogens is 4. The minimum absolute atomic E-state index is 0.0626. The van der Waals surface area contributed by atoms with Crippen LogP contribution in [0.1, 0.15) is 0 Å². The number of nitrogens with zero attached hydrogens (tertiary/aromatic N) is 4. The van der Waals surface area contributed by atoms with Crippen molar-refractivity contribution < 1.29 is 9.05 Å². The summed E-state index contributed by atoms with van der Waals surface area (Å²) < 4.78 is 9.14. The third kappa shape index (κ3) is 0.856. The third-order valence-corrected chi connectivity index (χ3v) is 1.16. The SMILES string of the molecule is Nc1nnc(-c2nonc2N)o1. The molecule has 4 N–H and O–H groups in total. The minimum Gasteiger partial charge on any atom is -0.402 e. The highest BCUT2D eigenvalue weighted by atomic mass is 16.6. The molecular weight excluding hydrogens is 164 g/mol. The number of nitrogen functional groups attached to an aromatic ring is 2. The Kier molecular flexibility index (Phi) is 1.20. The Hall–Kier alpha value is -2.12. The van der Waals surface area contributed by atoms with E-state index in [1.165, 1.54) is 0 Å². The monoisotopic (exact) mass is 168 g/mol. The van der Waals surface area contributed by atoms with E-state index < -0.39 is 0 Å². The van der Waals surface area contributed by atoms with Crippen LogP contribution in [0.15, 0.2) is 9.05 Å². The molecule has 0 aromatic carbocycles. The van der Waals surface area contributed by atoms with Crippen LogP contribution in [0.3, 0.4) is 0 Å². The van der Waals surface area contributed by atoms with E-state index in [9.17, 15) is 0 Å². The zero-order valence-electron chi connectivity index (χ0n) is 5.76. The highest BCUT2D eigenvalue weighted by Gasteiger charge is 2.15. The summed E-state index contributed by atoms with van der Waals surface area (Å²) in [5.41, 5.74) is 10.7. The van der Waals surface area contributed by atoms with E-state index in [0.717, 1.165) is 0 Å². The van der Waals surface area contributed by atoms with Gasteiger partial charge in [-0.15, -0.1) is 5.10 Å². The molecule has 8 nitrogen and oxygen atoms in total. The van der Waals surface area contributed by atoms with Gasteiger partial charge in [0, 0.05) is 0 Å². The van der Waals surface area contributed by atoms with Gasteiger partial charge >= 0.3 is 6.01 Å². The summed E-state index contributed by atoms with van der Waals surface area (Å²) in [6.45, 7) is 0. The molecule has 2 heterocycles. The van der Waals surface area contributed by atoms with E-state index in [0.29, 0.717) is 0 Å². The van der Waals surface area contributed by atoms with Crippen molar-refractivity contribution in [3.8, 4) is 11.6 Å². The average molecular weight is 168 g/mol. The zero-order valence-corrected chi connectivity index (χ0v) is 5.76. The second-order valence-electron chi connectivity index (χ2n) is 1.94. The number of hydrogen-bond donors (Lipinski definition) is 2. The van der Waals surface area contributed by atoms with E-state index in [4.69, 9.17) is 15.9 Å². The summed E-state index contributed by atoms with van der Waals surface area (Å²) in [5.74, 6) is 0.171. The van der Waals surface area contributed by atoms with Crippen molar-refractivity contribution >= 4 is 11.8 Å². The van der Waals surface area contributed by atoms with E-state index >= 15 is 0 Å². The molecule has 0 spiro atoms. The molecule has 0 radical (unpaired) electrons.